The molecule has 1 aliphatic rings. The number of ether oxygens (including phenoxy) is 1. The minimum absolute atomic E-state index is 0.0366. The summed E-state index contributed by atoms with van der Waals surface area (Å²) in [5.74, 6) is 0. The van der Waals surface area contributed by atoms with E-state index in [2.05, 4.69) is 4.98 Å². The Kier molecular flexibility index (Phi) is 1.99. The Balaban J connectivity index is 2.18. The molecule has 12 heavy (non-hydrogen) atoms. The van der Waals surface area contributed by atoms with Crippen LogP contribution >= 0.6 is 0 Å². The van der Waals surface area contributed by atoms with Crippen molar-refractivity contribution < 1.29 is 4.74 Å². The van der Waals surface area contributed by atoms with Crippen molar-refractivity contribution in [3.63, 3.8) is 0 Å². The van der Waals surface area contributed by atoms with Gasteiger partial charge in [-0.05, 0) is 12.8 Å². The molecule has 1 fully saturated rings. The topological polar surface area (TPSA) is 47.0 Å². The summed E-state index contributed by atoms with van der Waals surface area (Å²) in [5.41, 5.74) is -0.0366. The number of nitrogens with one attached hydrogen (secondary N) is 1. The van der Waals surface area contributed by atoms with Gasteiger partial charge in [-0.1, -0.05) is 0 Å². The molecule has 1 aromatic rings. The highest BCUT2D eigenvalue weighted by molar-refractivity contribution is 4.82. The van der Waals surface area contributed by atoms with Gasteiger partial charge in [-0.15, -0.1) is 0 Å². The van der Waals surface area contributed by atoms with Crippen molar-refractivity contribution in [2.75, 3.05) is 13.2 Å². The van der Waals surface area contributed by atoms with Crippen LogP contribution in [0.5, 0.6) is 0 Å². The van der Waals surface area contributed by atoms with Crippen molar-refractivity contribution >= 4 is 0 Å². The average molecular weight is 168 g/mol. The highest BCUT2D eigenvalue weighted by Crippen LogP contribution is 2.16. The average Bonchev–Trinajstić information content (AvgIpc) is 2.53. The monoisotopic (exact) mass is 168 g/mol. The van der Waals surface area contributed by atoms with E-state index in [1.165, 1.54) is 0 Å². The summed E-state index contributed by atoms with van der Waals surface area (Å²) in [7, 11) is 0. The van der Waals surface area contributed by atoms with Gasteiger partial charge < -0.3 is 9.72 Å². The van der Waals surface area contributed by atoms with E-state index in [-0.39, 0.29) is 11.7 Å². The standard InChI is InChI=1S/C8H12N2O2/c11-8-9-3-4-10(8)7-2-1-5-12-6-7/h3-4,7H,1-2,5-6H2,(H,9,11). The molecule has 1 aromatic heterocycles. The molecule has 0 radical (unpaired) electrons. The second-order valence-electron chi connectivity index (χ2n) is 3.04. The molecule has 2 rings (SSSR count). The molecule has 4 heteroatoms. The first-order valence-corrected chi connectivity index (χ1v) is 4.21. The Labute approximate surface area is 70.2 Å². The van der Waals surface area contributed by atoms with Gasteiger partial charge in [0.25, 0.3) is 0 Å². The Bertz CT molecular complexity index is 296. The van der Waals surface area contributed by atoms with Gasteiger partial charge in [-0.2, -0.15) is 0 Å². The first-order valence-electron chi connectivity index (χ1n) is 4.21. The fraction of sp³-hybridized carbons (Fsp3) is 0.625. The van der Waals surface area contributed by atoms with E-state index in [1.54, 1.807) is 17.0 Å². The predicted molar refractivity (Wildman–Crippen MR) is 44.1 cm³/mol. The number of rotatable bonds is 1. The second-order valence-corrected chi connectivity index (χ2v) is 3.04. The Hall–Kier alpha value is -1.03. The van der Waals surface area contributed by atoms with E-state index in [1.807, 2.05) is 0 Å². The number of aromatic amines is 1. The lowest BCUT2D eigenvalue weighted by atomic mass is 10.1. The molecule has 0 amide bonds. The number of hydrogen-bond acceptors (Lipinski definition) is 2. The molecule has 0 aliphatic carbocycles. The minimum Gasteiger partial charge on any atom is -0.379 e. The molecule has 1 unspecified atom stereocenters. The molecule has 0 spiro atoms. The SMILES string of the molecule is O=c1[nH]ccn1C1CCCOC1. The summed E-state index contributed by atoms with van der Waals surface area (Å²) in [6.45, 7) is 1.49. The second kappa shape index (κ2) is 3.15. The quantitative estimate of drug-likeness (QED) is 0.664. The number of H-pyrrole nitrogens is 1. The molecule has 1 saturated heterocycles. The minimum atomic E-state index is -0.0366. The summed E-state index contributed by atoms with van der Waals surface area (Å²) in [6, 6.07) is 0.234. The largest absolute Gasteiger partial charge is 0.379 e. The van der Waals surface area contributed by atoms with Crippen molar-refractivity contribution in [3.05, 3.63) is 22.9 Å². The van der Waals surface area contributed by atoms with Gasteiger partial charge in [-0.25, -0.2) is 4.79 Å². The van der Waals surface area contributed by atoms with Crippen LogP contribution in [0.25, 0.3) is 0 Å². The summed E-state index contributed by atoms with van der Waals surface area (Å²) in [4.78, 5) is 13.8. The molecule has 0 aromatic carbocycles. The van der Waals surface area contributed by atoms with Crippen molar-refractivity contribution in [1.82, 2.24) is 9.55 Å². The molecule has 1 aliphatic heterocycles. The number of aromatic nitrogens is 2. The van der Waals surface area contributed by atoms with Crippen LogP contribution in [-0.2, 0) is 4.74 Å². The van der Waals surface area contributed by atoms with E-state index in [4.69, 9.17) is 4.74 Å². The third kappa shape index (κ3) is 1.30. The molecule has 0 saturated carbocycles. The highest BCUT2D eigenvalue weighted by atomic mass is 16.5. The molecule has 66 valence electrons. The number of imidazole rings is 1. The maximum atomic E-state index is 11.2. The first-order chi connectivity index (χ1) is 5.88. The summed E-state index contributed by atoms with van der Waals surface area (Å²) in [5, 5.41) is 0. The fourth-order valence-corrected chi connectivity index (χ4v) is 1.56. The van der Waals surface area contributed by atoms with Gasteiger partial charge in [-0.3, -0.25) is 4.57 Å². The third-order valence-corrected chi connectivity index (χ3v) is 2.21. The molecule has 2 heterocycles. The molecule has 1 atom stereocenters. The van der Waals surface area contributed by atoms with E-state index in [0.29, 0.717) is 6.61 Å². The van der Waals surface area contributed by atoms with Crippen molar-refractivity contribution in [3.8, 4) is 0 Å². The highest BCUT2D eigenvalue weighted by Gasteiger charge is 2.16. The summed E-state index contributed by atoms with van der Waals surface area (Å²) >= 11 is 0. The lowest BCUT2D eigenvalue weighted by Crippen LogP contribution is -2.28. The lowest BCUT2D eigenvalue weighted by molar-refractivity contribution is 0.0581. The molecule has 1 N–H and O–H groups in total. The Morgan fingerprint density at radius 1 is 1.67 bits per heavy atom. The smallest absolute Gasteiger partial charge is 0.325 e. The predicted octanol–water partition coefficient (Wildman–Crippen LogP) is 0.528. The van der Waals surface area contributed by atoms with Gasteiger partial charge in [0.05, 0.1) is 12.6 Å². The zero-order valence-electron chi connectivity index (χ0n) is 6.82. The first kappa shape index (κ1) is 7.61. The maximum Gasteiger partial charge on any atom is 0.325 e. The van der Waals surface area contributed by atoms with Crippen molar-refractivity contribution in [1.29, 1.82) is 0 Å². The van der Waals surface area contributed by atoms with Crippen LogP contribution in [0.4, 0.5) is 0 Å². The van der Waals surface area contributed by atoms with Crippen molar-refractivity contribution in [2.45, 2.75) is 18.9 Å². The number of nitrogens with zero attached hydrogens (tertiary/aromatic N) is 1. The van der Waals surface area contributed by atoms with E-state index < -0.39 is 0 Å². The van der Waals surface area contributed by atoms with E-state index in [0.717, 1.165) is 19.4 Å². The fourth-order valence-electron chi connectivity index (χ4n) is 1.56. The Morgan fingerprint density at radius 2 is 2.58 bits per heavy atom. The van der Waals surface area contributed by atoms with Crippen LogP contribution in [0.2, 0.25) is 0 Å². The van der Waals surface area contributed by atoms with Gasteiger partial charge in [0.15, 0.2) is 0 Å². The summed E-state index contributed by atoms with van der Waals surface area (Å²) < 4.78 is 6.99. The van der Waals surface area contributed by atoms with Crippen LogP contribution in [0, 0.1) is 0 Å². The lowest BCUT2D eigenvalue weighted by Gasteiger charge is -2.22. The van der Waals surface area contributed by atoms with Crippen LogP contribution in [0.1, 0.15) is 18.9 Å². The molecule has 0 bridgehead atoms. The number of hydrogen-bond donors (Lipinski definition) is 1. The zero-order valence-corrected chi connectivity index (χ0v) is 6.82. The Morgan fingerprint density at radius 3 is 3.17 bits per heavy atom. The van der Waals surface area contributed by atoms with Crippen LogP contribution in [0.15, 0.2) is 17.2 Å². The van der Waals surface area contributed by atoms with Gasteiger partial charge in [0.2, 0.25) is 0 Å². The van der Waals surface area contributed by atoms with Gasteiger partial charge >= 0.3 is 5.69 Å². The third-order valence-electron chi connectivity index (χ3n) is 2.21. The van der Waals surface area contributed by atoms with Crippen LogP contribution < -0.4 is 5.69 Å². The van der Waals surface area contributed by atoms with E-state index >= 15 is 0 Å². The molecular weight excluding hydrogens is 156 g/mol. The van der Waals surface area contributed by atoms with Crippen LogP contribution in [0.3, 0.4) is 0 Å². The van der Waals surface area contributed by atoms with Gasteiger partial charge in [0, 0.05) is 19.0 Å². The normalized spacial score (nSPS) is 24.2. The molecular formula is C8H12N2O2. The molecule has 4 nitrogen and oxygen atoms in total. The van der Waals surface area contributed by atoms with E-state index in [9.17, 15) is 4.79 Å². The van der Waals surface area contributed by atoms with Gasteiger partial charge in [0.1, 0.15) is 0 Å². The zero-order chi connectivity index (χ0) is 8.39. The summed E-state index contributed by atoms with van der Waals surface area (Å²) in [6.07, 6.45) is 5.53. The van der Waals surface area contributed by atoms with Crippen LogP contribution in [-0.4, -0.2) is 22.8 Å². The van der Waals surface area contributed by atoms with Crippen molar-refractivity contribution in [2.24, 2.45) is 0 Å². The maximum absolute atomic E-state index is 11.2.